The van der Waals surface area contributed by atoms with Crippen LogP contribution in [0, 0.1) is 0 Å². The van der Waals surface area contributed by atoms with Gasteiger partial charge in [-0.05, 0) is 24.5 Å². The molecule has 102 valence electrons. The zero-order chi connectivity index (χ0) is 13.7. The molecule has 0 saturated heterocycles. The number of rotatable bonds is 6. The molecule has 19 heavy (non-hydrogen) atoms. The Morgan fingerprint density at radius 1 is 1.26 bits per heavy atom. The van der Waals surface area contributed by atoms with E-state index in [4.69, 9.17) is 5.84 Å². The van der Waals surface area contributed by atoms with E-state index >= 15 is 0 Å². The number of nitrogens with two attached hydrogens (primary N) is 1. The first kappa shape index (κ1) is 13.5. The topological polar surface area (TPSA) is 75.4 Å². The highest BCUT2D eigenvalue weighted by atomic mass is 16.2. The molecule has 0 atom stereocenters. The Bertz CT molecular complexity index is 474. The highest BCUT2D eigenvalue weighted by molar-refractivity contribution is 5.98. The molecule has 0 radical (unpaired) electrons. The lowest BCUT2D eigenvalue weighted by Gasteiger charge is -2.15. The molecule has 5 nitrogen and oxygen atoms in total. The Balaban J connectivity index is 1.72. The second-order valence-electron chi connectivity index (χ2n) is 4.76. The molecule has 1 aromatic carbocycles. The van der Waals surface area contributed by atoms with Crippen molar-refractivity contribution >= 4 is 11.8 Å². The van der Waals surface area contributed by atoms with Gasteiger partial charge < -0.3 is 4.90 Å². The number of carbonyl (C=O) groups excluding carboxylic acids is 2. The van der Waals surface area contributed by atoms with Gasteiger partial charge in [-0.2, -0.15) is 0 Å². The summed E-state index contributed by atoms with van der Waals surface area (Å²) in [7, 11) is 0. The van der Waals surface area contributed by atoms with E-state index in [1.807, 2.05) is 29.2 Å². The van der Waals surface area contributed by atoms with Crippen molar-refractivity contribution in [3.8, 4) is 0 Å². The van der Waals surface area contributed by atoms with E-state index < -0.39 is 0 Å². The minimum absolute atomic E-state index is 0.121. The van der Waals surface area contributed by atoms with Crippen LogP contribution in [-0.4, -0.2) is 23.3 Å². The minimum Gasteiger partial charge on any atom is -0.334 e. The van der Waals surface area contributed by atoms with Crippen LogP contribution in [0.2, 0.25) is 0 Å². The van der Waals surface area contributed by atoms with Gasteiger partial charge in [-0.3, -0.25) is 15.0 Å². The van der Waals surface area contributed by atoms with E-state index in [0.717, 1.165) is 36.9 Å². The molecule has 5 heteroatoms. The van der Waals surface area contributed by atoms with Crippen molar-refractivity contribution in [3.63, 3.8) is 0 Å². The van der Waals surface area contributed by atoms with Gasteiger partial charge in [0.1, 0.15) is 0 Å². The van der Waals surface area contributed by atoms with Crippen LogP contribution in [-0.2, 0) is 11.3 Å². The summed E-state index contributed by atoms with van der Waals surface area (Å²) in [6.45, 7) is 1.45. The first-order valence-corrected chi connectivity index (χ1v) is 6.59. The van der Waals surface area contributed by atoms with Crippen LogP contribution < -0.4 is 11.3 Å². The van der Waals surface area contributed by atoms with E-state index in [1.165, 1.54) is 0 Å². The summed E-state index contributed by atoms with van der Waals surface area (Å²) in [5.41, 5.74) is 4.04. The molecule has 0 fully saturated rings. The first-order chi connectivity index (χ1) is 9.22. The second kappa shape index (κ2) is 6.33. The Hall–Kier alpha value is -1.88. The summed E-state index contributed by atoms with van der Waals surface area (Å²) >= 11 is 0. The summed E-state index contributed by atoms with van der Waals surface area (Å²) in [6.07, 6.45) is 3.09. The maximum atomic E-state index is 12.1. The molecule has 2 rings (SSSR count). The Morgan fingerprint density at radius 2 is 2.05 bits per heavy atom. The van der Waals surface area contributed by atoms with Crippen LogP contribution in [0.3, 0.4) is 0 Å². The van der Waals surface area contributed by atoms with Crippen molar-refractivity contribution in [3.05, 3.63) is 35.4 Å². The molecule has 2 amide bonds. The van der Waals surface area contributed by atoms with Crippen molar-refractivity contribution in [2.24, 2.45) is 5.84 Å². The molecule has 1 aliphatic heterocycles. The van der Waals surface area contributed by atoms with Gasteiger partial charge in [0.25, 0.3) is 5.91 Å². The number of fused-ring (bicyclic) bond motifs is 1. The number of unbranched alkanes of at least 4 members (excludes halogenated alkanes) is 2. The molecule has 1 aliphatic rings. The van der Waals surface area contributed by atoms with Crippen molar-refractivity contribution < 1.29 is 9.59 Å². The van der Waals surface area contributed by atoms with E-state index in [2.05, 4.69) is 5.43 Å². The molecule has 0 aliphatic carbocycles. The molecule has 0 saturated carbocycles. The molecule has 0 aromatic heterocycles. The number of nitrogens with one attached hydrogen (secondary N) is 1. The standard InChI is InChI=1S/C14H19N3O2/c15-16-13(18)8-2-1-5-9-17-10-11-6-3-4-7-12(11)14(17)19/h3-4,6-7H,1-2,5,8-10,15H2,(H,16,18). The first-order valence-electron chi connectivity index (χ1n) is 6.59. The fourth-order valence-corrected chi connectivity index (χ4v) is 2.33. The van der Waals surface area contributed by atoms with Crippen LogP contribution in [0.25, 0.3) is 0 Å². The van der Waals surface area contributed by atoms with Gasteiger partial charge in [-0.25, -0.2) is 5.84 Å². The lowest BCUT2D eigenvalue weighted by atomic mass is 10.1. The molecule has 0 unspecified atom stereocenters. The smallest absolute Gasteiger partial charge is 0.254 e. The zero-order valence-electron chi connectivity index (χ0n) is 10.9. The van der Waals surface area contributed by atoms with E-state index in [9.17, 15) is 9.59 Å². The average molecular weight is 261 g/mol. The molecule has 1 aromatic rings. The third-order valence-electron chi connectivity index (χ3n) is 3.39. The van der Waals surface area contributed by atoms with E-state index in [-0.39, 0.29) is 11.8 Å². The Kier molecular flexibility index (Phi) is 4.52. The van der Waals surface area contributed by atoms with Gasteiger partial charge >= 0.3 is 0 Å². The normalized spacial score (nSPS) is 13.5. The van der Waals surface area contributed by atoms with E-state index in [0.29, 0.717) is 13.0 Å². The fraction of sp³-hybridized carbons (Fsp3) is 0.429. The summed E-state index contributed by atoms with van der Waals surface area (Å²) in [6, 6.07) is 7.73. The number of hydrogen-bond donors (Lipinski definition) is 2. The predicted molar refractivity (Wildman–Crippen MR) is 72.0 cm³/mol. The van der Waals surface area contributed by atoms with Crippen LogP contribution in [0.5, 0.6) is 0 Å². The van der Waals surface area contributed by atoms with Crippen molar-refractivity contribution in [1.82, 2.24) is 10.3 Å². The number of carbonyl (C=O) groups is 2. The largest absolute Gasteiger partial charge is 0.334 e. The summed E-state index contributed by atoms with van der Waals surface area (Å²) in [4.78, 5) is 24.9. The SMILES string of the molecule is NNC(=O)CCCCCN1Cc2ccccc2C1=O. The molecule has 0 bridgehead atoms. The van der Waals surface area contributed by atoms with Gasteiger partial charge in [-0.15, -0.1) is 0 Å². The Morgan fingerprint density at radius 3 is 2.79 bits per heavy atom. The van der Waals surface area contributed by atoms with Gasteiger partial charge in [0.2, 0.25) is 5.91 Å². The number of hydrogen-bond acceptors (Lipinski definition) is 3. The third-order valence-corrected chi connectivity index (χ3v) is 3.39. The number of benzene rings is 1. The molecular formula is C14H19N3O2. The summed E-state index contributed by atoms with van der Waals surface area (Å²) in [5.74, 6) is 4.99. The minimum atomic E-state index is -0.135. The zero-order valence-corrected chi connectivity index (χ0v) is 10.9. The van der Waals surface area contributed by atoms with Gasteiger partial charge in [-0.1, -0.05) is 24.6 Å². The molecule has 1 heterocycles. The molecule has 0 spiro atoms. The quantitative estimate of drug-likeness (QED) is 0.349. The van der Waals surface area contributed by atoms with Crippen LogP contribution in [0.4, 0.5) is 0 Å². The lowest BCUT2D eigenvalue weighted by molar-refractivity contribution is -0.121. The summed E-state index contributed by atoms with van der Waals surface area (Å²) in [5, 5.41) is 0. The van der Waals surface area contributed by atoms with Crippen LogP contribution >= 0.6 is 0 Å². The van der Waals surface area contributed by atoms with E-state index in [1.54, 1.807) is 0 Å². The number of amides is 2. The highest BCUT2D eigenvalue weighted by Gasteiger charge is 2.25. The third kappa shape index (κ3) is 3.32. The van der Waals surface area contributed by atoms with Crippen LogP contribution in [0.15, 0.2) is 24.3 Å². The van der Waals surface area contributed by atoms with Crippen molar-refractivity contribution in [2.75, 3.05) is 6.54 Å². The monoisotopic (exact) mass is 261 g/mol. The van der Waals surface area contributed by atoms with Gasteiger partial charge in [0.15, 0.2) is 0 Å². The number of nitrogens with zero attached hydrogens (tertiary/aromatic N) is 1. The fourth-order valence-electron chi connectivity index (χ4n) is 2.33. The Labute approximate surface area is 112 Å². The lowest BCUT2D eigenvalue weighted by Crippen LogP contribution is -2.29. The maximum Gasteiger partial charge on any atom is 0.254 e. The van der Waals surface area contributed by atoms with Crippen molar-refractivity contribution in [2.45, 2.75) is 32.2 Å². The highest BCUT2D eigenvalue weighted by Crippen LogP contribution is 2.22. The summed E-state index contributed by atoms with van der Waals surface area (Å²) < 4.78 is 0. The van der Waals surface area contributed by atoms with Gasteiger partial charge in [0.05, 0.1) is 0 Å². The second-order valence-corrected chi connectivity index (χ2v) is 4.76. The average Bonchev–Trinajstić information content (AvgIpc) is 2.75. The molecular weight excluding hydrogens is 242 g/mol. The van der Waals surface area contributed by atoms with Crippen molar-refractivity contribution in [1.29, 1.82) is 0 Å². The van der Waals surface area contributed by atoms with Crippen LogP contribution in [0.1, 0.15) is 41.6 Å². The predicted octanol–water partition coefficient (Wildman–Crippen LogP) is 1.19. The molecule has 3 N–H and O–H groups in total. The number of hydrazine groups is 1. The maximum absolute atomic E-state index is 12.1. The van der Waals surface area contributed by atoms with Gasteiger partial charge in [0, 0.05) is 25.1 Å².